The molecule has 0 amide bonds. The van der Waals surface area contributed by atoms with Crippen LogP contribution in [0.25, 0.3) is 11.0 Å². The number of imidazole rings is 1. The molecule has 0 aliphatic carbocycles. The molecule has 0 saturated carbocycles. The Morgan fingerprint density at radius 1 is 1.45 bits per heavy atom. The molecule has 0 saturated heterocycles. The predicted molar refractivity (Wildman–Crippen MR) is 76.9 cm³/mol. The molecule has 2 aromatic rings. The van der Waals surface area contributed by atoms with Crippen molar-refractivity contribution in [2.45, 2.75) is 17.9 Å². The van der Waals surface area contributed by atoms with E-state index in [1.54, 1.807) is 18.2 Å². The van der Waals surface area contributed by atoms with Crippen molar-refractivity contribution < 1.29 is 23.1 Å². The number of hydrogen-bond donors (Lipinski definition) is 1. The molecule has 20 heavy (non-hydrogen) atoms. The summed E-state index contributed by atoms with van der Waals surface area (Å²) in [5.74, 6) is -1.44. The van der Waals surface area contributed by atoms with Gasteiger partial charge in [0.15, 0.2) is 5.16 Å². The highest BCUT2D eigenvalue weighted by Gasteiger charge is 2.30. The van der Waals surface area contributed by atoms with Gasteiger partial charge < -0.3 is 9.67 Å². The van der Waals surface area contributed by atoms with E-state index in [-0.39, 0.29) is 10.9 Å². The maximum absolute atomic E-state index is 12.6. The number of aromatic nitrogens is 2. The van der Waals surface area contributed by atoms with Crippen LogP contribution in [0, 0.1) is 3.57 Å². The predicted octanol–water partition coefficient (Wildman–Crippen LogP) is 3.38. The maximum Gasteiger partial charge on any atom is 0.406 e. The fraction of sp³-hybridized carbons (Fsp3) is 0.273. The summed E-state index contributed by atoms with van der Waals surface area (Å²) < 4.78 is 39.7. The van der Waals surface area contributed by atoms with E-state index in [1.165, 1.54) is 0 Å². The van der Waals surface area contributed by atoms with Crippen molar-refractivity contribution in [1.82, 2.24) is 9.55 Å². The summed E-state index contributed by atoms with van der Waals surface area (Å²) in [4.78, 5) is 14.6. The quantitative estimate of drug-likeness (QED) is 0.614. The standard InChI is InChI=1S/C11H8F3IN2O2S/c12-11(13,14)5-17-8-2-1-6(15)3-7(8)16-10(17)20-4-9(18)19/h1-3H,4-5H2,(H,18,19). The second kappa shape index (κ2) is 5.80. The fourth-order valence-electron chi connectivity index (χ4n) is 1.65. The van der Waals surface area contributed by atoms with Crippen LogP contribution in [0.1, 0.15) is 0 Å². The van der Waals surface area contributed by atoms with E-state index < -0.39 is 18.7 Å². The number of thioether (sulfide) groups is 1. The zero-order valence-electron chi connectivity index (χ0n) is 9.82. The van der Waals surface area contributed by atoms with Crippen molar-refractivity contribution in [3.63, 3.8) is 0 Å². The minimum Gasteiger partial charge on any atom is -0.481 e. The van der Waals surface area contributed by atoms with Crippen LogP contribution in [0.3, 0.4) is 0 Å². The Balaban J connectivity index is 2.47. The molecule has 0 fully saturated rings. The minimum atomic E-state index is -4.39. The number of aliphatic carboxylic acids is 1. The topological polar surface area (TPSA) is 55.1 Å². The fourth-order valence-corrected chi connectivity index (χ4v) is 2.86. The van der Waals surface area contributed by atoms with Crippen molar-refractivity contribution in [2.24, 2.45) is 0 Å². The molecule has 0 atom stereocenters. The zero-order chi connectivity index (χ0) is 14.9. The smallest absolute Gasteiger partial charge is 0.406 e. The lowest BCUT2D eigenvalue weighted by molar-refractivity contribution is -0.141. The van der Waals surface area contributed by atoms with Gasteiger partial charge in [-0.1, -0.05) is 11.8 Å². The lowest BCUT2D eigenvalue weighted by Gasteiger charge is -2.11. The molecule has 1 aromatic heterocycles. The molecule has 0 aliphatic rings. The SMILES string of the molecule is O=C(O)CSc1nc2cc(I)ccc2n1CC(F)(F)F. The maximum atomic E-state index is 12.6. The van der Waals surface area contributed by atoms with Gasteiger partial charge in [0.1, 0.15) is 6.54 Å². The highest BCUT2D eigenvalue weighted by molar-refractivity contribution is 14.1. The van der Waals surface area contributed by atoms with E-state index in [4.69, 9.17) is 5.11 Å². The number of alkyl halides is 3. The Morgan fingerprint density at radius 2 is 2.15 bits per heavy atom. The Hall–Kier alpha value is -0.970. The molecular weight excluding hydrogens is 408 g/mol. The van der Waals surface area contributed by atoms with Crippen LogP contribution in [0.4, 0.5) is 13.2 Å². The first kappa shape index (κ1) is 15.4. The molecule has 1 aromatic carbocycles. The summed E-state index contributed by atoms with van der Waals surface area (Å²) in [6.45, 7) is -1.19. The van der Waals surface area contributed by atoms with Gasteiger partial charge in [-0.3, -0.25) is 4.79 Å². The first-order valence-corrected chi connectivity index (χ1v) is 7.40. The summed E-state index contributed by atoms with van der Waals surface area (Å²) in [7, 11) is 0. The van der Waals surface area contributed by atoms with E-state index in [0.717, 1.165) is 19.9 Å². The molecule has 0 spiro atoms. The lowest BCUT2D eigenvalue weighted by Crippen LogP contribution is -2.18. The minimum absolute atomic E-state index is 0.0572. The van der Waals surface area contributed by atoms with Crippen LogP contribution < -0.4 is 0 Å². The van der Waals surface area contributed by atoms with Gasteiger partial charge in [-0.2, -0.15) is 13.2 Å². The largest absolute Gasteiger partial charge is 0.481 e. The number of carbonyl (C=O) groups is 1. The number of fused-ring (bicyclic) bond motifs is 1. The van der Waals surface area contributed by atoms with E-state index in [9.17, 15) is 18.0 Å². The van der Waals surface area contributed by atoms with Crippen molar-refractivity contribution in [3.8, 4) is 0 Å². The summed E-state index contributed by atoms with van der Waals surface area (Å²) in [5, 5.41) is 8.69. The molecule has 0 unspecified atom stereocenters. The monoisotopic (exact) mass is 416 g/mol. The second-order valence-corrected chi connectivity index (χ2v) is 6.10. The molecule has 9 heteroatoms. The van der Waals surface area contributed by atoms with Crippen LogP contribution >= 0.6 is 34.4 Å². The lowest BCUT2D eigenvalue weighted by atomic mass is 10.3. The number of carboxylic acids is 1. The highest BCUT2D eigenvalue weighted by Crippen LogP contribution is 2.29. The summed E-state index contributed by atoms with van der Waals surface area (Å²) in [6.07, 6.45) is -4.39. The average Bonchev–Trinajstić information content (AvgIpc) is 2.62. The number of rotatable bonds is 4. The van der Waals surface area contributed by atoms with Crippen molar-refractivity contribution in [2.75, 3.05) is 5.75 Å². The third-order valence-electron chi connectivity index (χ3n) is 2.34. The molecule has 1 heterocycles. The van der Waals surface area contributed by atoms with Crippen LogP contribution in [-0.4, -0.2) is 32.6 Å². The summed E-state index contributed by atoms with van der Waals surface area (Å²) in [6, 6.07) is 4.90. The third kappa shape index (κ3) is 3.78. The van der Waals surface area contributed by atoms with E-state index >= 15 is 0 Å². The molecule has 0 radical (unpaired) electrons. The normalized spacial score (nSPS) is 12.0. The van der Waals surface area contributed by atoms with E-state index in [0.29, 0.717) is 11.0 Å². The van der Waals surface area contributed by atoms with Gasteiger partial charge in [0, 0.05) is 3.57 Å². The Bertz CT molecular complexity index is 657. The average molecular weight is 416 g/mol. The van der Waals surface area contributed by atoms with Gasteiger partial charge in [0.25, 0.3) is 0 Å². The highest BCUT2D eigenvalue weighted by atomic mass is 127. The van der Waals surface area contributed by atoms with Crippen molar-refractivity contribution >= 4 is 51.4 Å². The van der Waals surface area contributed by atoms with Crippen LogP contribution in [0.15, 0.2) is 23.4 Å². The summed E-state index contributed by atoms with van der Waals surface area (Å²) in [5.41, 5.74) is 0.768. The molecule has 1 N–H and O–H groups in total. The Morgan fingerprint density at radius 3 is 2.75 bits per heavy atom. The van der Waals surface area contributed by atoms with Gasteiger partial charge in [0.2, 0.25) is 0 Å². The van der Waals surface area contributed by atoms with E-state index in [1.807, 2.05) is 22.6 Å². The first-order valence-electron chi connectivity index (χ1n) is 5.33. The zero-order valence-corrected chi connectivity index (χ0v) is 12.8. The van der Waals surface area contributed by atoms with Gasteiger partial charge in [-0.15, -0.1) is 0 Å². The van der Waals surface area contributed by atoms with Crippen LogP contribution in [-0.2, 0) is 11.3 Å². The number of hydrogen-bond acceptors (Lipinski definition) is 3. The molecule has 108 valence electrons. The number of carboxylic acid groups (broad SMARTS) is 1. The van der Waals surface area contributed by atoms with Crippen molar-refractivity contribution in [3.05, 3.63) is 21.8 Å². The van der Waals surface area contributed by atoms with Crippen LogP contribution in [0.2, 0.25) is 0 Å². The van der Waals surface area contributed by atoms with Gasteiger partial charge in [-0.25, -0.2) is 4.98 Å². The molecule has 4 nitrogen and oxygen atoms in total. The number of nitrogens with zero attached hydrogens (tertiary/aromatic N) is 2. The first-order chi connectivity index (χ1) is 9.26. The molecule has 0 bridgehead atoms. The third-order valence-corrected chi connectivity index (χ3v) is 3.97. The van der Waals surface area contributed by atoms with Crippen LogP contribution in [0.5, 0.6) is 0 Å². The molecule has 2 rings (SSSR count). The van der Waals surface area contributed by atoms with Gasteiger partial charge >= 0.3 is 12.1 Å². The van der Waals surface area contributed by atoms with Crippen molar-refractivity contribution in [1.29, 1.82) is 0 Å². The summed E-state index contributed by atoms with van der Waals surface area (Å²) >= 11 is 2.81. The number of halogens is 4. The van der Waals surface area contributed by atoms with E-state index in [2.05, 4.69) is 4.98 Å². The Labute approximate surface area is 129 Å². The molecule has 0 aliphatic heterocycles. The van der Waals surface area contributed by atoms with Gasteiger partial charge in [-0.05, 0) is 40.8 Å². The Kier molecular flexibility index (Phi) is 4.47. The molecular formula is C11H8F3IN2O2S. The second-order valence-electron chi connectivity index (χ2n) is 3.91. The number of benzene rings is 1. The van der Waals surface area contributed by atoms with Gasteiger partial charge in [0.05, 0.1) is 16.8 Å².